The Morgan fingerprint density at radius 2 is 2.36 bits per heavy atom. The van der Waals surface area contributed by atoms with Crippen LogP contribution in [-0.2, 0) is 11.3 Å². The van der Waals surface area contributed by atoms with Crippen LogP contribution in [-0.4, -0.2) is 29.1 Å². The highest BCUT2D eigenvalue weighted by Gasteiger charge is 2.32. The Morgan fingerprint density at radius 1 is 1.64 bits per heavy atom. The number of carboxylic acids is 1. The fourth-order valence-electron chi connectivity index (χ4n) is 1.65. The first-order valence-corrected chi connectivity index (χ1v) is 4.65. The third kappa shape index (κ3) is 1.80. The molecule has 4 heteroatoms. The van der Waals surface area contributed by atoms with E-state index in [1.165, 1.54) is 0 Å². The van der Waals surface area contributed by atoms with Crippen LogP contribution >= 0.6 is 0 Å². The Bertz CT molecular complexity index is 339. The lowest BCUT2D eigenvalue weighted by Crippen LogP contribution is -2.49. The van der Waals surface area contributed by atoms with Gasteiger partial charge in [0.25, 0.3) is 0 Å². The number of carbonyl (C=O) groups is 1. The number of rotatable bonds is 3. The Hall–Kier alpha value is -1.29. The molecule has 2 rings (SSSR count). The predicted molar refractivity (Wildman–Crippen MR) is 49.8 cm³/mol. The summed E-state index contributed by atoms with van der Waals surface area (Å²) in [5.74, 6) is 0.921. The van der Waals surface area contributed by atoms with Crippen molar-refractivity contribution < 1.29 is 14.3 Å². The minimum absolute atomic E-state index is 0.189. The van der Waals surface area contributed by atoms with Gasteiger partial charge in [-0.1, -0.05) is 0 Å². The van der Waals surface area contributed by atoms with Crippen molar-refractivity contribution in [2.24, 2.45) is 5.92 Å². The number of nitrogens with zero attached hydrogens (tertiary/aromatic N) is 1. The number of hydrogen-bond acceptors (Lipinski definition) is 3. The van der Waals surface area contributed by atoms with E-state index < -0.39 is 5.97 Å². The van der Waals surface area contributed by atoms with E-state index >= 15 is 0 Å². The minimum Gasteiger partial charge on any atom is -0.481 e. The van der Waals surface area contributed by atoms with E-state index in [1.54, 1.807) is 0 Å². The van der Waals surface area contributed by atoms with Crippen molar-refractivity contribution in [2.75, 3.05) is 13.1 Å². The van der Waals surface area contributed by atoms with Gasteiger partial charge in [0.15, 0.2) is 0 Å². The van der Waals surface area contributed by atoms with Crippen LogP contribution in [0.25, 0.3) is 0 Å². The van der Waals surface area contributed by atoms with Crippen molar-refractivity contribution in [3.63, 3.8) is 0 Å². The molecule has 0 bridgehead atoms. The highest BCUT2D eigenvalue weighted by Crippen LogP contribution is 2.19. The van der Waals surface area contributed by atoms with E-state index in [2.05, 4.69) is 4.90 Å². The SMILES string of the molecule is Cc1ccc(CN2CC(C(=O)O)C2)o1. The quantitative estimate of drug-likeness (QED) is 0.784. The van der Waals surface area contributed by atoms with Crippen molar-refractivity contribution in [1.82, 2.24) is 4.90 Å². The molecule has 1 aliphatic heterocycles. The van der Waals surface area contributed by atoms with Crippen LogP contribution in [0.15, 0.2) is 16.5 Å². The highest BCUT2D eigenvalue weighted by molar-refractivity contribution is 5.71. The van der Waals surface area contributed by atoms with Gasteiger partial charge in [0.05, 0.1) is 12.5 Å². The first kappa shape index (κ1) is 9.27. The molecule has 1 N–H and O–H groups in total. The smallest absolute Gasteiger partial charge is 0.309 e. The molecule has 1 aliphatic rings. The molecule has 1 fully saturated rings. The summed E-state index contributed by atoms with van der Waals surface area (Å²) in [6, 6.07) is 3.85. The zero-order valence-corrected chi connectivity index (χ0v) is 8.06. The zero-order chi connectivity index (χ0) is 10.1. The summed E-state index contributed by atoms with van der Waals surface area (Å²) >= 11 is 0. The number of likely N-dealkylation sites (tertiary alicyclic amines) is 1. The maximum Gasteiger partial charge on any atom is 0.309 e. The zero-order valence-electron chi connectivity index (χ0n) is 8.06. The van der Waals surface area contributed by atoms with Gasteiger partial charge in [0, 0.05) is 13.1 Å². The van der Waals surface area contributed by atoms with Crippen molar-refractivity contribution >= 4 is 5.97 Å². The second kappa shape index (κ2) is 3.46. The van der Waals surface area contributed by atoms with Gasteiger partial charge in [-0.2, -0.15) is 0 Å². The average Bonchev–Trinajstić information content (AvgIpc) is 2.42. The third-order valence-electron chi connectivity index (χ3n) is 2.48. The average molecular weight is 195 g/mol. The maximum absolute atomic E-state index is 10.5. The van der Waals surface area contributed by atoms with Gasteiger partial charge in [-0.3, -0.25) is 9.69 Å². The summed E-state index contributed by atoms with van der Waals surface area (Å²) in [5.41, 5.74) is 0. The van der Waals surface area contributed by atoms with E-state index in [9.17, 15) is 4.79 Å². The summed E-state index contributed by atoms with van der Waals surface area (Å²) in [7, 11) is 0. The first-order chi connectivity index (χ1) is 6.65. The van der Waals surface area contributed by atoms with E-state index in [1.807, 2.05) is 19.1 Å². The van der Waals surface area contributed by atoms with Crippen LogP contribution in [0.2, 0.25) is 0 Å². The summed E-state index contributed by atoms with van der Waals surface area (Å²) < 4.78 is 5.40. The molecule has 0 atom stereocenters. The summed E-state index contributed by atoms with van der Waals surface area (Å²) in [6.45, 7) is 3.89. The Kier molecular flexibility index (Phi) is 2.29. The summed E-state index contributed by atoms with van der Waals surface area (Å²) in [6.07, 6.45) is 0. The molecular weight excluding hydrogens is 182 g/mol. The van der Waals surface area contributed by atoms with Crippen LogP contribution < -0.4 is 0 Å². The van der Waals surface area contributed by atoms with Gasteiger partial charge >= 0.3 is 5.97 Å². The molecule has 76 valence electrons. The number of hydrogen-bond donors (Lipinski definition) is 1. The van der Waals surface area contributed by atoms with E-state index in [0.717, 1.165) is 18.1 Å². The van der Waals surface area contributed by atoms with Crippen LogP contribution in [0.1, 0.15) is 11.5 Å². The molecule has 0 radical (unpaired) electrons. The lowest BCUT2D eigenvalue weighted by Gasteiger charge is -2.35. The first-order valence-electron chi connectivity index (χ1n) is 4.65. The van der Waals surface area contributed by atoms with Crippen LogP contribution in [0.4, 0.5) is 0 Å². The monoisotopic (exact) mass is 195 g/mol. The van der Waals surface area contributed by atoms with Gasteiger partial charge in [0.1, 0.15) is 11.5 Å². The highest BCUT2D eigenvalue weighted by atomic mass is 16.4. The number of aliphatic carboxylic acids is 1. The standard InChI is InChI=1S/C10H13NO3/c1-7-2-3-9(14-7)6-11-4-8(5-11)10(12)13/h2-3,8H,4-6H2,1H3,(H,12,13). The van der Waals surface area contributed by atoms with Crippen LogP contribution in [0, 0.1) is 12.8 Å². The molecule has 0 aromatic carbocycles. The normalized spacial score (nSPS) is 18.1. The van der Waals surface area contributed by atoms with Gasteiger partial charge < -0.3 is 9.52 Å². The molecule has 1 saturated heterocycles. The van der Waals surface area contributed by atoms with Gasteiger partial charge in [-0.25, -0.2) is 0 Å². The van der Waals surface area contributed by atoms with Crippen molar-refractivity contribution in [2.45, 2.75) is 13.5 Å². The van der Waals surface area contributed by atoms with E-state index in [-0.39, 0.29) is 5.92 Å². The second-order valence-corrected chi connectivity index (χ2v) is 3.74. The van der Waals surface area contributed by atoms with Crippen molar-refractivity contribution in [3.05, 3.63) is 23.7 Å². The van der Waals surface area contributed by atoms with Crippen LogP contribution in [0.5, 0.6) is 0 Å². The molecule has 0 unspecified atom stereocenters. The molecule has 0 saturated carbocycles. The van der Waals surface area contributed by atoms with Crippen molar-refractivity contribution in [3.8, 4) is 0 Å². The lowest BCUT2D eigenvalue weighted by atomic mass is 10.0. The fraction of sp³-hybridized carbons (Fsp3) is 0.500. The van der Waals surface area contributed by atoms with Crippen LogP contribution in [0.3, 0.4) is 0 Å². The molecule has 1 aromatic rings. The van der Waals surface area contributed by atoms with Gasteiger partial charge in [-0.05, 0) is 19.1 Å². The Morgan fingerprint density at radius 3 is 2.86 bits per heavy atom. The third-order valence-corrected chi connectivity index (χ3v) is 2.48. The fourth-order valence-corrected chi connectivity index (χ4v) is 1.65. The predicted octanol–water partition coefficient (Wildman–Crippen LogP) is 1.10. The number of furan rings is 1. The maximum atomic E-state index is 10.5. The van der Waals surface area contributed by atoms with Gasteiger partial charge in [0.2, 0.25) is 0 Å². The number of aryl methyl sites for hydroxylation is 1. The summed E-state index contributed by atoms with van der Waals surface area (Å²) in [4.78, 5) is 12.6. The molecular formula is C10H13NO3. The Balaban J connectivity index is 1.82. The van der Waals surface area contributed by atoms with Gasteiger partial charge in [-0.15, -0.1) is 0 Å². The Labute approximate surface area is 82.1 Å². The topological polar surface area (TPSA) is 53.7 Å². The molecule has 1 aromatic heterocycles. The van der Waals surface area contributed by atoms with E-state index in [0.29, 0.717) is 13.1 Å². The second-order valence-electron chi connectivity index (χ2n) is 3.74. The van der Waals surface area contributed by atoms with Crippen molar-refractivity contribution in [1.29, 1.82) is 0 Å². The number of carboxylic acid groups (broad SMARTS) is 1. The summed E-state index contributed by atoms with van der Waals surface area (Å²) in [5, 5.41) is 8.67. The lowest BCUT2D eigenvalue weighted by molar-refractivity contribution is -0.147. The molecule has 0 spiro atoms. The minimum atomic E-state index is -0.697. The molecule has 4 nitrogen and oxygen atoms in total. The molecule has 2 heterocycles. The largest absolute Gasteiger partial charge is 0.481 e. The molecule has 0 aliphatic carbocycles. The van der Waals surface area contributed by atoms with E-state index in [4.69, 9.17) is 9.52 Å². The molecule has 14 heavy (non-hydrogen) atoms. The molecule has 0 amide bonds.